The van der Waals surface area contributed by atoms with Gasteiger partial charge in [-0.25, -0.2) is 9.97 Å². The Bertz CT molecular complexity index is 1380. The lowest BCUT2D eigenvalue weighted by atomic mass is 9.94. The van der Waals surface area contributed by atoms with Crippen LogP contribution in [0.2, 0.25) is 5.02 Å². The minimum atomic E-state index is -0.593. The van der Waals surface area contributed by atoms with Crippen molar-refractivity contribution < 1.29 is 14.3 Å². The Morgan fingerprint density at radius 1 is 1.18 bits per heavy atom. The molecule has 40 heavy (non-hydrogen) atoms. The van der Waals surface area contributed by atoms with Gasteiger partial charge in [0.2, 0.25) is 11.9 Å². The molecule has 0 bridgehead atoms. The summed E-state index contributed by atoms with van der Waals surface area (Å²) in [6, 6.07) is 15.3. The van der Waals surface area contributed by atoms with Crippen molar-refractivity contribution in [3.8, 4) is 11.3 Å². The molecule has 0 saturated carbocycles. The smallest absolute Gasteiger partial charge is 0.255 e. The number of carbonyl (C=O) groups is 2. The summed E-state index contributed by atoms with van der Waals surface area (Å²) in [5, 5.41) is 6.84. The van der Waals surface area contributed by atoms with Crippen LogP contribution in [0.15, 0.2) is 54.7 Å². The molecule has 0 spiro atoms. The predicted octanol–water partition coefficient (Wildman–Crippen LogP) is 4.29. The maximum Gasteiger partial charge on any atom is 0.255 e. The summed E-state index contributed by atoms with van der Waals surface area (Å²) in [5.74, 6) is 0.0343. The van der Waals surface area contributed by atoms with Crippen LogP contribution in [0, 0.1) is 0 Å². The lowest BCUT2D eigenvalue weighted by Crippen LogP contribution is -2.46. The van der Waals surface area contributed by atoms with E-state index in [-0.39, 0.29) is 30.4 Å². The van der Waals surface area contributed by atoms with Gasteiger partial charge in [-0.15, -0.1) is 0 Å². The average Bonchev–Trinajstić information content (AvgIpc) is 3.20. The number of ether oxygens (including phenoxy) is 1. The van der Waals surface area contributed by atoms with Gasteiger partial charge in [-0.2, -0.15) is 0 Å². The Morgan fingerprint density at radius 2 is 1.93 bits per heavy atom. The molecule has 5 rings (SSSR count). The van der Waals surface area contributed by atoms with E-state index in [2.05, 4.69) is 20.6 Å². The van der Waals surface area contributed by atoms with Crippen LogP contribution >= 0.6 is 11.6 Å². The fourth-order valence-corrected chi connectivity index (χ4v) is 5.63. The van der Waals surface area contributed by atoms with Crippen molar-refractivity contribution in [3.63, 3.8) is 0 Å². The second kappa shape index (κ2) is 11.9. The Labute approximate surface area is 239 Å². The zero-order chi connectivity index (χ0) is 28.3. The Morgan fingerprint density at radius 3 is 2.65 bits per heavy atom. The number of hydrogen-bond acceptors (Lipinski definition) is 7. The van der Waals surface area contributed by atoms with E-state index < -0.39 is 5.54 Å². The summed E-state index contributed by atoms with van der Waals surface area (Å²) in [7, 11) is 0. The highest BCUT2D eigenvalue weighted by Crippen LogP contribution is 2.38. The first-order valence-corrected chi connectivity index (χ1v) is 14.0. The third-order valence-electron chi connectivity index (χ3n) is 7.55. The van der Waals surface area contributed by atoms with Gasteiger partial charge in [0.1, 0.15) is 6.54 Å². The molecule has 1 unspecified atom stereocenters. The summed E-state index contributed by atoms with van der Waals surface area (Å²) in [6.07, 6.45) is 3.87. The molecule has 1 atom stereocenters. The number of halogens is 1. The summed E-state index contributed by atoms with van der Waals surface area (Å²) in [5.41, 5.74) is 8.94. The van der Waals surface area contributed by atoms with Gasteiger partial charge in [0, 0.05) is 30.4 Å². The number of nitrogens with one attached hydrogen (secondary N) is 2. The summed E-state index contributed by atoms with van der Waals surface area (Å²) in [4.78, 5) is 37.5. The van der Waals surface area contributed by atoms with Crippen molar-refractivity contribution >= 4 is 29.4 Å². The van der Waals surface area contributed by atoms with Crippen molar-refractivity contribution in [1.82, 2.24) is 20.2 Å². The molecule has 3 aromatic rings. The number of anilines is 1. The minimum absolute atomic E-state index is 0.0722. The molecule has 4 N–H and O–H groups in total. The van der Waals surface area contributed by atoms with Gasteiger partial charge in [0.05, 0.1) is 28.5 Å². The van der Waals surface area contributed by atoms with Gasteiger partial charge < -0.3 is 26.0 Å². The Kier molecular flexibility index (Phi) is 8.35. The lowest BCUT2D eigenvalue weighted by molar-refractivity contribution is -0.123. The van der Waals surface area contributed by atoms with E-state index >= 15 is 0 Å². The quantitative estimate of drug-likeness (QED) is 0.355. The maximum atomic E-state index is 13.7. The van der Waals surface area contributed by atoms with Crippen LogP contribution in [0.25, 0.3) is 11.3 Å². The molecule has 2 aliphatic heterocycles. The van der Waals surface area contributed by atoms with Crippen molar-refractivity contribution in [2.24, 2.45) is 5.73 Å². The van der Waals surface area contributed by atoms with Crippen LogP contribution in [0.4, 0.5) is 5.95 Å². The van der Waals surface area contributed by atoms with E-state index in [1.807, 2.05) is 56.3 Å². The van der Waals surface area contributed by atoms with E-state index in [1.165, 1.54) is 0 Å². The molecule has 3 heterocycles. The molecule has 0 aliphatic carbocycles. The highest BCUT2D eigenvalue weighted by molar-refractivity contribution is 6.33. The average molecular weight is 563 g/mol. The molecule has 1 aromatic heterocycles. The molecular weight excluding hydrogens is 528 g/mol. The van der Waals surface area contributed by atoms with Crippen LogP contribution in [0.3, 0.4) is 0 Å². The van der Waals surface area contributed by atoms with Crippen LogP contribution in [0.1, 0.15) is 60.6 Å². The topological polar surface area (TPSA) is 122 Å². The molecule has 210 valence electrons. The predicted molar refractivity (Wildman–Crippen MR) is 155 cm³/mol. The van der Waals surface area contributed by atoms with Crippen LogP contribution < -0.4 is 16.4 Å². The largest absolute Gasteiger partial charge is 0.381 e. The molecule has 1 fully saturated rings. The Balaban J connectivity index is 1.37. The van der Waals surface area contributed by atoms with Gasteiger partial charge in [0.15, 0.2) is 0 Å². The summed E-state index contributed by atoms with van der Waals surface area (Å²) < 4.78 is 5.43. The molecule has 0 radical (unpaired) electrons. The number of hydrogen-bond donors (Lipinski definition) is 3. The number of nitrogens with two attached hydrogens (primary N) is 1. The second-order valence-electron chi connectivity index (χ2n) is 10.8. The fourth-order valence-electron chi connectivity index (χ4n) is 5.43. The second-order valence-corrected chi connectivity index (χ2v) is 11.2. The zero-order valence-corrected chi connectivity index (χ0v) is 23.6. The van der Waals surface area contributed by atoms with Crippen molar-refractivity contribution in [2.45, 2.75) is 50.7 Å². The highest BCUT2D eigenvalue weighted by Gasteiger charge is 2.38. The molecule has 10 heteroatoms. The maximum absolute atomic E-state index is 13.7. The number of nitrogens with zero attached hydrogens (tertiary/aromatic N) is 3. The number of carbonyl (C=O) groups excluding carboxylic acids is 2. The zero-order valence-electron chi connectivity index (χ0n) is 22.8. The monoisotopic (exact) mass is 562 g/mol. The number of aromatic nitrogens is 2. The third kappa shape index (κ3) is 5.96. The minimum Gasteiger partial charge on any atom is -0.381 e. The van der Waals surface area contributed by atoms with E-state index in [1.54, 1.807) is 17.2 Å². The molecule has 2 aliphatic rings. The van der Waals surface area contributed by atoms with Crippen molar-refractivity contribution in [1.29, 1.82) is 0 Å². The van der Waals surface area contributed by atoms with E-state index in [0.29, 0.717) is 54.0 Å². The number of rotatable bonds is 9. The lowest BCUT2D eigenvalue weighted by Gasteiger charge is -2.30. The summed E-state index contributed by atoms with van der Waals surface area (Å²) >= 11 is 6.51. The van der Waals surface area contributed by atoms with Crippen LogP contribution in [-0.4, -0.2) is 59.0 Å². The summed E-state index contributed by atoms with van der Waals surface area (Å²) in [6.45, 7) is 5.60. The third-order valence-corrected chi connectivity index (χ3v) is 7.83. The van der Waals surface area contributed by atoms with Gasteiger partial charge in [-0.1, -0.05) is 54.1 Å². The van der Waals surface area contributed by atoms with Gasteiger partial charge in [-0.05, 0) is 56.8 Å². The first-order valence-electron chi connectivity index (χ1n) is 13.7. The van der Waals surface area contributed by atoms with Crippen molar-refractivity contribution in [3.05, 3.63) is 76.4 Å². The first-order chi connectivity index (χ1) is 19.3. The van der Waals surface area contributed by atoms with Gasteiger partial charge >= 0.3 is 0 Å². The SMILES string of the molecule is CC(C)(NC(=O)CN1C(=O)c2cc(-c3nc(NC4CCOCC4)ncc3Cl)ccc2C1CCN)c1ccccc1. The van der Waals surface area contributed by atoms with E-state index in [9.17, 15) is 9.59 Å². The normalized spacial score (nSPS) is 17.6. The molecule has 9 nitrogen and oxygen atoms in total. The number of fused-ring (bicyclic) bond motifs is 1. The van der Waals surface area contributed by atoms with Gasteiger partial charge in [-0.3, -0.25) is 9.59 Å². The molecule has 2 aromatic carbocycles. The van der Waals surface area contributed by atoms with E-state index in [0.717, 1.165) is 24.0 Å². The first kappa shape index (κ1) is 28.0. The molecular formula is C30H35ClN6O3. The number of benzene rings is 2. The van der Waals surface area contributed by atoms with E-state index in [4.69, 9.17) is 22.1 Å². The Hall–Kier alpha value is -3.53. The molecule has 2 amide bonds. The van der Waals surface area contributed by atoms with Crippen LogP contribution in [-0.2, 0) is 15.1 Å². The van der Waals surface area contributed by atoms with Crippen molar-refractivity contribution in [2.75, 3.05) is 31.6 Å². The van der Waals surface area contributed by atoms with Gasteiger partial charge in [0.25, 0.3) is 5.91 Å². The molecule has 1 saturated heterocycles. The fraction of sp³-hybridized carbons (Fsp3) is 0.400. The van der Waals surface area contributed by atoms with Crippen LogP contribution in [0.5, 0.6) is 0 Å². The standard InChI is InChI=1S/C30H35ClN6O3/c1-30(2,20-6-4-3-5-7-20)36-26(38)18-37-25(10-13-32)22-9-8-19(16-23(22)28(37)39)27-24(31)17-33-29(35-27)34-21-11-14-40-15-12-21/h3-9,16-17,21,25H,10-15,18,32H2,1-2H3,(H,36,38)(H,33,34,35). The number of amides is 2. The highest BCUT2D eigenvalue weighted by atomic mass is 35.5.